The van der Waals surface area contributed by atoms with Gasteiger partial charge in [0, 0.05) is 19.5 Å². The second-order valence-electron chi connectivity index (χ2n) is 7.44. The number of ketones is 1. The smallest absolute Gasteiger partial charge is 0.315 e. The van der Waals surface area contributed by atoms with Crippen molar-refractivity contribution in [3.05, 3.63) is 0 Å². The van der Waals surface area contributed by atoms with Gasteiger partial charge < -0.3 is 31.8 Å². The normalized spacial score (nSPS) is 14.0. The second-order valence-corrected chi connectivity index (χ2v) is 7.44. The van der Waals surface area contributed by atoms with Gasteiger partial charge in [-0.15, -0.1) is 0 Å². The molecule has 0 aromatic carbocycles. The fraction of sp³-hybridized carbons (Fsp3) is 0.789. The zero-order valence-electron chi connectivity index (χ0n) is 17.8. The molecule has 3 atom stereocenters. The number of hydrogen-bond acceptors (Lipinski definition) is 5. The predicted octanol–water partition coefficient (Wildman–Crippen LogP) is 0.428. The summed E-state index contributed by atoms with van der Waals surface area (Å²) in [6, 6.07) is -2.14. The van der Waals surface area contributed by atoms with Crippen LogP contribution in [0.5, 0.6) is 0 Å². The van der Waals surface area contributed by atoms with Crippen LogP contribution in [0.1, 0.15) is 59.8 Å². The Bertz CT molecular complexity index is 524. The molecule has 162 valence electrons. The van der Waals surface area contributed by atoms with Gasteiger partial charge in [0.25, 0.3) is 0 Å². The van der Waals surface area contributed by atoms with Crippen LogP contribution >= 0.6 is 0 Å². The third-order valence-electron chi connectivity index (χ3n) is 4.36. The van der Waals surface area contributed by atoms with Gasteiger partial charge in [0.1, 0.15) is 17.9 Å². The molecule has 0 saturated heterocycles. The summed E-state index contributed by atoms with van der Waals surface area (Å²) in [6.45, 7) is 7.46. The molecule has 0 aromatic rings. The summed E-state index contributed by atoms with van der Waals surface area (Å²) in [5, 5.41) is 10.6. The molecule has 0 aliphatic carbocycles. The van der Waals surface area contributed by atoms with Gasteiger partial charge in [0.15, 0.2) is 0 Å². The lowest BCUT2D eigenvalue weighted by Gasteiger charge is -2.26. The molecule has 0 spiro atoms. The fourth-order valence-corrected chi connectivity index (χ4v) is 2.61. The maximum atomic E-state index is 12.7. The zero-order chi connectivity index (χ0) is 21.7. The topological polar surface area (TPSA) is 142 Å². The Labute approximate surface area is 167 Å². The third kappa shape index (κ3) is 10.9. The van der Waals surface area contributed by atoms with Crippen molar-refractivity contribution in [2.45, 2.75) is 77.9 Å². The molecule has 28 heavy (non-hydrogen) atoms. The number of carbonyl (C=O) groups excluding carboxylic acids is 4. The summed E-state index contributed by atoms with van der Waals surface area (Å²) in [5.74, 6) is -0.805. The van der Waals surface area contributed by atoms with E-state index in [4.69, 9.17) is 5.73 Å². The fourth-order valence-electron chi connectivity index (χ4n) is 2.61. The number of urea groups is 1. The number of nitrogens with one attached hydrogen (secondary N) is 4. The maximum Gasteiger partial charge on any atom is 0.315 e. The van der Waals surface area contributed by atoms with E-state index < -0.39 is 24.0 Å². The molecule has 9 heteroatoms. The average Bonchev–Trinajstić information content (AvgIpc) is 2.62. The number of amides is 4. The molecule has 0 radical (unpaired) electrons. The number of carbonyl (C=O) groups is 4. The van der Waals surface area contributed by atoms with Crippen LogP contribution in [0.4, 0.5) is 4.79 Å². The first-order chi connectivity index (χ1) is 13.1. The lowest BCUT2D eigenvalue weighted by atomic mass is 10.0. The van der Waals surface area contributed by atoms with Crippen molar-refractivity contribution in [3.63, 3.8) is 0 Å². The Kier molecular flexibility index (Phi) is 12.9. The summed E-state index contributed by atoms with van der Waals surface area (Å²) < 4.78 is 0. The minimum Gasteiger partial charge on any atom is -0.352 e. The Hall–Kier alpha value is -2.16. The van der Waals surface area contributed by atoms with Crippen LogP contribution in [0, 0.1) is 5.92 Å². The molecule has 0 aliphatic heterocycles. The van der Waals surface area contributed by atoms with E-state index in [0.717, 1.165) is 6.42 Å². The largest absolute Gasteiger partial charge is 0.352 e. The molecular weight excluding hydrogens is 362 g/mol. The molecule has 0 fully saturated rings. The molecule has 9 nitrogen and oxygen atoms in total. The predicted molar refractivity (Wildman–Crippen MR) is 109 cm³/mol. The third-order valence-corrected chi connectivity index (χ3v) is 4.36. The van der Waals surface area contributed by atoms with Crippen molar-refractivity contribution in [1.82, 2.24) is 21.3 Å². The molecule has 0 saturated carbocycles. The minimum atomic E-state index is -0.764. The number of rotatable bonds is 13. The van der Waals surface area contributed by atoms with Gasteiger partial charge in [0.05, 0.1) is 0 Å². The van der Waals surface area contributed by atoms with Crippen molar-refractivity contribution >= 4 is 23.6 Å². The first-order valence-electron chi connectivity index (χ1n) is 9.90. The van der Waals surface area contributed by atoms with E-state index in [0.29, 0.717) is 32.2 Å². The molecule has 0 aromatic heterocycles. The number of Topliss-reactive ketones (excluding diaryl/α,β-unsaturated/α-hetero) is 1. The molecule has 6 N–H and O–H groups in total. The molecule has 4 amide bonds. The molecule has 0 rings (SSSR count). The van der Waals surface area contributed by atoms with E-state index in [1.807, 2.05) is 20.8 Å². The maximum absolute atomic E-state index is 12.7. The molecule has 0 unspecified atom stereocenters. The number of unbranched alkanes of at least 4 members (excludes halogenated alkanes) is 1. The Morgan fingerprint density at radius 2 is 1.54 bits per heavy atom. The SMILES string of the molecule is CNC(=O)N[C@H](C(=O)N[C@@H](CCCCN)C(=O)N[C@@H](C)CCC(C)=O)C(C)C. The highest BCUT2D eigenvalue weighted by Gasteiger charge is 2.28. The van der Waals surface area contributed by atoms with E-state index in [9.17, 15) is 19.2 Å². The van der Waals surface area contributed by atoms with Gasteiger partial charge in [-0.05, 0) is 52.0 Å². The number of nitrogens with two attached hydrogens (primary N) is 1. The van der Waals surface area contributed by atoms with Gasteiger partial charge in [0.2, 0.25) is 11.8 Å². The highest BCUT2D eigenvalue weighted by atomic mass is 16.2. The molecule has 0 aliphatic rings. The van der Waals surface area contributed by atoms with Gasteiger partial charge in [-0.3, -0.25) is 9.59 Å². The highest BCUT2D eigenvalue weighted by Crippen LogP contribution is 2.07. The van der Waals surface area contributed by atoms with Gasteiger partial charge >= 0.3 is 6.03 Å². The average molecular weight is 400 g/mol. The van der Waals surface area contributed by atoms with E-state index in [-0.39, 0.29) is 23.7 Å². The van der Waals surface area contributed by atoms with Crippen molar-refractivity contribution in [2.75, 3.05) is 13.6 Å². The summed E-state index contributed by atoms with van der Waals surface area (Å²) in [6.07, 6.45) is 2.79. The summed E-state index contributed by atoms with van der Waals surface area (Å²) in [5.41, 5.74) is 5.52. The summed E-state index contributed by atoms with van der Waals surface area (Å²) in [7, 11) is 1.47. The van der Waals surface area contributed by atoms with Crippen LogP contribution in [-0.4, -0.2) is 55.3 Å². The minimum absolute atomic E-state index is 0.0638. The monoisotopic (exact) mass is 399 g/mol. The highest BCUT2D eigenvalue weighted by molar-refractivity contribution is 5.92. The van der Waals surface area contributed by atoms with E-state index in [1.165, 1.54) is 14.0 Å². The first kappa shape index (κ1) is 25.8. The van der Waals surface area contributed by atoms with Crippen LogP contribution in [0.2, 0.25) is 0 Å². The quantitative estimate of drug-likeness (QED) is 0.285. The Balaban J connectivity index is 5.04. The standard InChI is InChI=1S/C19H37N5O4/c1-12(2)16(24-19(28)21-5)18(27)23-15(8-6-7-11-20)17(26)22-13(3)9-10-14(4)25/h12-13,15-16H,6-11,20H2,1-5H3,(H,22,26)(H,23,27)(H2,21,24,28)/t13-,15-,16-/m0/s1. The van der Waals surface area contributed by atoms with E-state index >= 15 is 0 Å². The second kappa shape index (κ2) is 13.9. The first-order valence-corrected chi connectivity index (χ1v) is 9.90. The van der Waals surface area contributed by atoms with Gasteiger partial charge in [-0.2, -0.15) is 0 Å². The summed E-state index contributed by atoms with van der Waals surface area (Å²) in [4.78, 5) is 48.1. The Morgan fingerprint density at radius 3 is 2.04 bits per heavy atom. The van der Waals surface area contributed by atoms with Crippen molar-refractivity contribution < 1.29 is 19.2 Å². The summed E-state index contributed by atoms with van der Waals surface area (Å²) >= 11 is 0. The molecule has 0 bridgehead atoms. The molecular formula is C19H37N5O4. The zero-order valence-corrected chi connectivity index (χ0v) is 17.8. The van der Waals surface area contributed by atoms with Crippen LogP contribution in [0.25, 0.3) is 0 Å². The van der Waals surface area contributed by atoms with Crippen molar-refractivity contribution in [2.24, 2.45) is 11.7 Å². The van der Waals surface area contributed by atoms with Crippen LogP contribution in [-0.2, 0) is 14.4 Å². The van der Waals surface area contributed by atoms with Crippen molar-refractivity contribution in [3.8, 4) is 0 Å². The van der Waals surface area contributed by atoms with Crippen molar-refractivity contribution in [1.29, 1.82) is 0 Å². The van der Waals surface area contributed by atoms with Crippen LogP contribution in [0.3, 0.4) is 0 Å². The Morgan fingerprint density at radius 1 is 0.893 bits per heavy atom. The molecule has 0 heterocycles. The van der Waals surface area contributed by atoms with Crippen LogP contribution < -0.4 is 27.0 Å². The lowest BCUT2D eigenvalue weighted by Crippen LogP contribution is -2.57. The van der Waals surface area contributed by atoms with E-state index in [1.54, 1.807) is 0 Å². The van der Waals surface area contributed by atoms with Gasteiger partial charge in [-0.1, -0.05) is 13.8 Å². The van der Waals surface area contributed by atoms with Gasteiger partial charge in [-0.25, -0.2) is 4.79 Å². The van der Waals surface area contributed by atoms with E-state index in [2.05, 4.69) is 21.3 Å². The lowest BCUT2D eigenvalue weighted by molar-refractivity contribution is -0.131. The van der Waals surface area contributed by atoms with Crippen LogP contribution in [0.15, 0.2) is 0 Å². The number of hydrogen-bond donors (Lipinski definition) is 5.